The molecule has 0 unspecified atom stereocenters. The van der Waals surface area contributed by atoms with Crippen LogP contribution in [0.5, 0.6) is 0 Å². The van der Waals surface area contributed by atoms with Crippen LogP contribution in [-0.2, 0) is 9.53 Å². The first kappa shape index (κ1) is 17.7. The molecule has 20 heavy (non-hydrogen) atoms. The van der Waals surface area contributed by atoms with Gasteiger partial charge in [-0.2, -0.15) is 0 Å². The normalized spacial score (nSPS) is 9.00. The number of benzene rings is 1. The molecule has 0 aliphatic carbocycles. The monoisotopic (exact) mass is 279 g/mol. The fraction of sp³-hybridized carbons (Fsp3) is 0.333. The number of esters is 1. The Balaban J connectivity index is 0.000000511. The number of aliphatic carboxylic acids is 1. The van der Waals surface area contributed by atoms with E-state index < -0.39 is 5.97 Å². The highest BCUT2D eigenvalue weighted by atomic mass is 16.5. The number of hydrogen-bond acceptors (Lipinski definition) is 4. The fourth-order valence-electron chi connectivity index (χ4n) is 1.25. The molecule has 1 aromatic carbocycles. The van der Waals surface area contributed by atoms with Gasteiger partial charge in [-0.05, 0) is 26.0 Å². The van der Waals surface area contributed by atoms with Crippen molar-refractivity contribution < 1.29 is 19.4 Å². The van der Waals surface area contributed by atoms with Gasteiger partial charge in [0.2, 0.25) is 0 Å². The Morgan fingerprint density at radius 2 is 1.80 bits per heavy atom. The van der Waals surface area contributed by atoms with Crippen LogP contribution in [0.15, 0.2) is 36.4 Å². The third-order valence-electron chi connectivity index (χ3n) is 2.25. The Morgan fingerprint density at radius 3 is 2.20 bits per heavy atom. The maximum absolute atomic E-state index is 11.5. The van der Waals surface area contributed by atoms with Crippen molar-refractivity contribution in [3.05, 3.63) is 42.0 Å². The van der Waals surface area contributed by atoms with E-state index in [-0.39, 0.29) is 11.5 Å². The van der Waals surface area contributed by atoms with Gasteiger partial charge in [0.05, 0.1) is 17.9 Å². The summed E-state index contributed by atoms with van der Waals surface area (Å²) in [6.45, 7) is 6.81. The second kappa shape index (κ2) is 8.74. The summed E-state index contributed by atoms with van der Waals surface area (Å²) < 4.78 is 4.95. The lowest BCUT2D eigenvalue weighted by atomic mass is 10.1. The molecule has 0 atom stereocenters. The van der Waals surface area contributed by atoms with E-state index in [9.17, 15) is 9.59 Å². The highest BCUT2D eigenvalue weighted by molar-refractivity contribution is 5.95. The number of carbonyl (C=O) groups is 2. The van der Waals surface area contributed by atoms with E-state index >= 15 is 0 Å². The molecule has 0 bridgehead atoms. The number of nitrogens with zero attached hydrogens (tertiary/aromatic N) is 1. The van der Waals surface area contributed by atoms with Crippen LogP contribution in [0.2, 0.25) is 0 Å². The van der Waals surface area contributed by atoms with Crippen molar-refractivity contribution in [2.75, 3.05) is 25.6 Å². The topological polar surface area (TPSA) is 66.8 Å². The summed E-state index contributed by atoms with van der Waals surface area (Å²) in [5, 5.41) is 7.89. The average molecular weight is 279 g/mol. The zero-order valence-corrected chi connectivity index (χ0v) is 12.3. The van der Waals surface area contributed by atoms with Crippen molar-refractivity contribution in [1.29, 1.82) is 0 Å². The summed E-state index contributed by atoms with van der Waals surface area (Å²) in [6.07, 6.45) is 0. The number of ether oxygens (including phenoxy) is 1. The van der Waals surface area contributed by atoms with E-state index in [0.29, 0.717) is 12.2 Å². The summed E-state index contributed by atoms with van der Waals surface area (Å²) >= 11 is 0. The Bertz CT molecular complexity index is 469. The predicted octanol–water partition coefficient (Wildman–Crippen LogP) is 2.58. The highest BCUT2D eigenvalue weighted by Gasteiger charge is 2.12. The molecule has 0 saturated carbocycles. The van der Waals surface area contributed by atoms with Crippen molar-refractivity contribution in [2.24, 2.45) is 0 Å². The van der Waals surface area contributed by atoms with Gasteiger partial charge in [-0.3, -0.25) is 0 Å². The lowest BCUT2D eigenvalue weighted by Gasteiger charge is -2.15. The van der Waals surface area contributed by atoms with E-state index in [1.165, 1.54) is 6.92 Å². The Kier molecular flexibility index (Phi) is 7.74. The molecule has 5 nitrogen and oxygen atoms in total. The standard InChI is InChI=1S/C11H15NO2.C4H6O2/c1-4-14-11(13)9-7-5-6-8-10(9)12(2)3;1-3(2)4(5)6/h5-8H,4H2,1-3H3;1H2,2H3,(H,5,6). The smallest absolute Gasteiger partial charge is 0.340 e. The minimum atomic E-state index is -0.935. The van der Waals surface area contributed by atoms with Gasteiger partial charge in [0.25, 0.3) is 0 Å². The summed E-state index contributed by atoms with van der Waals surface area (Å²) in [5.74, 6) is -1.20. The van der Waals surface area contributed by atoms with Gasteiger partial charge in [0.1, 0.15) is 0 Å². The van der Waals surface area contributed by atoms with Crippen molar-refractivity contribution in [3.63, 3.8) is 0 Å². The molecule has 0 aliphatic heterocycles. The Labute approximate surface area is 119 Å². The molecule has 0 amide bonds. The van der Waals surface area contributed by atoms with E-state index in [1.54, 1.807) is 13.0 Å². The average Bonchev–Trinajstić information content (AvgIpc) is 2.39. The molecule has 0 heterocycles. The zero-order chi connectivity index (χ0) is 15.7. The highest BCUT2D eigenvalue weighted by Crippen LogP contribution is 2.18. The fourth-order valence-corrected chi connectivity index (χ4v) is 1.25. The van der Waals surface area contributed by atoms with Crippen LogP contribution in [0.4, 0.5) is 5.69 Å². The van der Waals surface area contributed by atoms with Gasteiger partial charge in [-0.1, -0.05) is 18.7 Å². The molecule has 0 fully saturated rings. The van der Waals surface area contributed by atoms with Gasteiger partial charge in [-0.15, -0.1) is 0 Å². The van der Waals surface area contributed by atoms with Gasteiger partial charge in [0, 0.05) is 19.7 Å². The molecule has 0 aliphatic rings. The number of hydrogen-bond donors (Lipinski definition) is 1. The quantitative estimate of drug-likeness (QED) is 0.677. The number of carboxylic acids is 1. The minimum Gasteiger partial charge on any atom is -0.478 e. The molecular formula is C15H21NO4. The molecule has 5 heteroatoms. The minimum absolute atomic E-state index is 0.176. The Hall–Kier alpha value is -2.30. The molecule has 0 radical (unpaired) electrons. The molecule has 110 valence electrons. The lowest BCUT2D eigenvalue weighted by Crippen LogP contribution is -2.15. The summed E-state index contributed by atoms with van der Waals surface area (Å²) in [4.78, 5) is 23.0. The van der Waals surface area contributed by atoms with E-state index in [4.69, 9.17) is 9.84 Å². The second-order valence-electron chi connectivity index (χ2n) is 4.22. The van der Waals surface area contributed by atoms with Gasteiger partial charge >= 0.3 is 11.9 Å². The zero-order valence-electron chi connectivity index (χ0n) is 12.3. The number of carboxylic acid groups (broad SMARTS) is 1. The van der Waals surface area contributed by atoms with Crippen molar-refractivity contribution in [1.82, 2.24) is 0 Å². The SMILES string of the molecule is C=C(C)C(=O)O.CCOC(=O)c1ccccc1N(C)C. The van der Waals surface area contributed by atoms with Gasteiger partial charge in [-0.25, -0.2) is 9.59 Å². The van der Waals surface area contributed by atoms with Crippen LogP contribution in [0, 0.1) is 0 Å². The second-order valence-corrected chi connectivity index (χ2v) is 4.22. The molecule has 1 aromatic rings. The molecule has 0 spiro atoms. The van der Waals surface area contributed by atoms with Gasteiger partial charge in [0.15, 0.2) is 0 Å². The first-order chi connectivity index (χ1) is 9.31. The van der Waals surface area contributed by atoms with E-state index in [0.717, 1.165) is 5.69 Å². The van der Waals surface area contributed by atoms with E-state index in [2.05, 4.69) is 6.58 Å². The predicted molar refractivity (Wildman–Crippen MR) is 79.2 cm³/mol. The number of anilines is 1. The van der Waals surface area contributed by atoms with Crippen LogP contribution in [0.25, 0.3) is 0 Å². The molecule has 0 aromatic heterocycles. The number of rotatable bonds is 4. The maximum Gasteiger partial charge on any atom is 0.340 e. The summed E-state index contributed by atoms with van der Waals surface area (Å²) in [5.41, 5.74) is 1.67. The molecular weight excluding hydrogens is 258 g/mol. The molecule has 1 rings (SSSR count). The largest absolute Gasteiger partial charge is 0.478 e. The van der Waals surface area contributed by atoms with Crippen molar-refractivity contribution in [2.45, 2.75) is 13.8 Å². The van der Waals surface area contributed by atoms with E-state index in [1.807, 2.05) is 37.2 Å². The number of carbonyl (C=O) groups excluding carboxylic acids is 1. The first-order valence-electron chi connectivity index (χ1n) is 6.13. The lowest BCUT2D eigenvalue weighted by molar-refractivity contribution is -0.132. The summed E-state index contributed by atoms with van der Waals surface area (Å²) in [6, 6.07) is 7.40. The van der Waals surface area contributed by atoms with Crippen molar-refractivity contribution >= 4 is 17.6 Å². The molecule has 0 saturated heterocycles. The molecule has 1 N–H and O–H groups in total. The van der Waals surface area contributed by atoms with Crippen molar-refractivity contribution in [3.8, 4) is 0 Å². The van der Waals surface area contributed by atoms with Gasteiger partial charge < -0.3 is 14.7 Å². The van der Waals surface area contributed by atoms with Crippen LogP contribution < -0.4 is 4.90 Å². The third-order valence-corrected chi connectivity index (χ3v) is 2.25. The first-order valence-corrected chi connectivity index (χ1v) is 6.13. The van der Waals surface area contributed by atoms with Crippen LogP contribution in [0.1, 0.15) is 24.2 Å². The van der Waals surface area contributed by atoms with Crippen LogP contribution in [0.3, 0.4) is 0 Å². The number of para-hydroxylation sites is 1. The van der Waals surface area contributed by atoms with Crippen LogP contribution in [-0.4, -0.2) is 37.7 Å². The Morgan fingerprint density at radius 1 is 1.30 bits per heavy atom. The van der Waals surface area contributed by atoms with Crippen LogP contribution >= 0.6 is 0 Å². The maximum atomic E-state index is 11.5. The third kappa shape index (κ3) is 6.04. The summed E-state index contributed by atoms with van der Waals surface area (Å²) in [7, 11) is 3.80.